The number of hydrogen-bond donors (Lipinski definition) is 3. The Balaban J connectivity index is 0.000000151. The van der Waals surface area contributed by atoms with Gasteiger partial charge in [0, 0.05) is 0 Å². The Morgan fingerprint density at radius 2 is 1.27 bits per heavy atom. The van der Waals surface area contributed by atoms with Gasteiger partial charge in [-0.2, -0.15) is 0 Å². The molecule has 0 unspecified atom stereocenters. The van der Waals surface area contributed by atoms with Crippen molar-refractivity contribution < 1.29 is 10.2 Å². The Labute approximate surface area is 88.4 Å². The maximum absolute atomic E-state index is 8.79. The molecule has 0 atom stereocenters. The van der Waals surface area contributed by atoms with Crippen molar-refractivity contribution in [3.8, 4) is 11.5 Å². The van der Waals surface area contributed by atoms with Gasteiger partial charge in [-0.15, -0.1) is 0 Å². The first-order valence-electron chi connectivity index (χ1n) is 4.47. The van der Waals surface area contributed by atoms with Crippen molar-refractivity contribution in [2.75, 3.05) is 5.73 Å². The van der Waals surface area contributed by atoms with Crippen LogP contribution in [0.15, 0.2) is 54.6 Å². The molecule has 0 aromatic heterocycles. The van der Waals surface area contributed by atoms with Crippen LogP contribution in [0.1, 0.15) is 0 Å². The molecule has 0 aliphatic carbocycles. The average molecular weight is 203 g/mol. The standard InChI is InChI=1S/C6H7NO.C6H6O/c7-5-3-1-2-4-6(5)8;7-6-4-2-1-3-5-6/h1-4,8H,7H2;1-5,7H. The number of nitrogens with two attached hydrogens (primary N) is 1. The molecule has 0 radical (unpaired) electrons. The highest BCUT2D eigenvalue weighted by Crippen LogP contribution is 2.16. The van der Waals surface area contributed by atoms with Crippen molar-refractivity contribution in [3.05, 3.63) is 54.6 Å². The molecular weight excluding hydrogens is 190 g/mol. The van der Waals surface area contributed by atoms with E-state index in [-0.39, 0.29) is 5.75 Å². The summed E-state index contributed by atoms with van der Waals surface area (Å²) in [5.41, 5.74) is 5.69. The van der Waals surface area contributed by atoms with Gasteiger partial charge in [0.25, 0.3) is 0 Å². The van der Waals surface area contributed by atoms with Gasteiger partial charge in [0.05, 0.1) is 5.69 Å². The van der Waals surface area contributed by atoms with Crippen LogP contribution in [0.3, 0.4) is 0 Å². The largest absolute Gasteiger partial charge is 0.508 e. The molecule has 0 heterocycles. The Morgan fingerprint density at radius 1 is 0.733 bits per heavy atom. The normalized spacial score (nSPS) is 8.80. The van der Waals surface area contributed by atoms with Crippen molar-refractivity contribution in [1.29, 1.82) is 0 Å². The molecule has 0 bridgehead atoms. The van der Waals surface area contributed by atoms with Gasteiger partial charge in [-0.25, -0.2) is 0 Å². The minimum Gasteiger partial charge on any atom is -0.508 e. The minimum absolute atomic E-state index is 0.146. The summed E-state index contributed by atoms with van der Waals surface area (Å²) in [4.78, 5) is 0. The zero-order valence-corrected chi connectivity index (χ0v) is 8.17. The number of para-hydroxylation sites is 3. The molecule has 3 heteroatoms. The van der Waals surface area contributed by atoms with Gasteiger partial charge in [0.1, 0.15) is 11.5 Å². The van der Waals surface area contributed by atoms with E-state index in [4.69, 9.17) is 15.9 Å². The first-order chi connectivity index (χ1) is 7.20. The first-order valence-corrected chi connectivity index (χ1v) is 4.47. The second-order valence-corrected chi connectivity index (χ2v) is 2.89. The second kappa shape index (κ2) is 5.54. The van der Waals surface area contributed by atoms with Crippen LogP contribution in [-0.2, 0) is 0 Å². The number of hydrogen-bond acceptors (Lipinski definition) is 3. The van der Waals surface area contributed by atoms with E-state index in [1.54, 1.807) is 48.5 Å². The van der Waals surface area contributed by atoms with Crippen molar-refractivity contribution in [1.82, 2.24) is 0 Å². The molecule has 78 valence electrons. The number of phenols is 2. The van der Waals surface area contributed by atoms with Gasteiger partial charge in [-0.3, -0.25) is 0 Å². The number of rotatable bonds is 0. The van der Waals surface area contributed by atoms with E-state index < -0.39 is 0 Å². The maximum atomic E-state index is 8.79. The highest BCUT2D eigenvalue weighted by Gasteiger charge is 1.87. The third-order valence-corrected chi connectivity index (χ3v) is 1.69. The second-order valence-electron chi connectivity index (χ2n) is 2.89. The van der Waals surface area contributed by atoms with Gasteiger partial charge in [-0.1, -0.05) is 30.3 Å². The van der Waals surface area contributed by atoms with Gasteiger partial charge < -0.3 is 15.9 Å². The van der Waals surface area contributed by atoms with E-state index in [0.717, 1.165) is 0 Å². The predicted molar refractivity (Wildman–Crippen MR) is 60.6 cm³/mol. The first kappa shape index (κ1) is 10.9. The summed E-state index contributed by atoms with van der Waals surface area (Å²) >= 11 is 0. The SMILES string of the molecule is Nc1ccccc1O.Oc1ccccc1. The van der Waals surface area contributed by atoms with Crippen molar-refractivity contribution in [2.45, 2.75) is 0 Å². The lowest BCUT2D eigenvalue weighted by Gasteiger charge is -1.92. The van der Waals surface area contributed by atoms with Crippen molar-refractivity contribution in [3.63, 3.8) is 0 Å². The van der Waals surface area contributed by atoms with Crippen LogP contribution in [0.25, 0.3) is 0 Å². The van der Waals surface area contributed by atoms with Crippen molar-refractivity contribution in [2.24, 2.45) is 0 Å². The smallest absolute Gasteiger partial charge is 0.138 e. The Bertz CT molecular complexity index is 380. The highest BCUT2D eigenvalue weighted by atomic mass is 16.3. The number of nitrogen functional groups attached to an aromatic ring is 1. The molecule has 0 aliphatic heterocycles. The third-order valence-electron chi connectivity index (χ3n) is 1.69. The molecule has 2 aromatic rings. The molecule has 0 saturated carbocycles. The van der Waals surface area contributed by atoms with Crippen molar-refractivity contribution >= 4 is 5.69 Å². The number of phenolic OH excluding ortho intramolecular Hbond substituents is 2. The summed E-state index contributed by atoms with van der Waals surface area (Å²) in [5, 5.41) is 17.4. The molecule has 2 aromatic carbocycles. The van der Waals surface area contributed by atoms with Crippen LogP contribution < -0.4 is 5.73 Å². The molecule has 3 nitrogen and oxygen atoms in total. The van der Waals surface area contributed by atoms with Crippen LogP contribution in [0.2, 0.25) is 0 Å². The van der Waals surface area contributed by atoms with E-state index in [9.17, 15) is 0 Å². The summed E-state index contributed by atoms with van der Waals surface area (Å²) in [6.45, 7) is 0. The summed E-state index contributed by atoms with van der Waals surface area (Å²) < 4.78 is 0. The van der Waals surface area contributed by atoms with Gasteiger partial charge in [-0.05, 0) is 24.3 Å². The summed E-state index contributed by atoms with van der Waals surface area (Å²) in [7, 11) is 0. The lowest BCUT2D eigenvalue weighted by Crippen LogP contribution is -1.82. The summed E-state index contributed by atoms with van der Waals surface area (Å²) in [6.07, 6.45) is 0. The number of aromatic hydroxyl groups is 2. The molecule has 0 saturated heterocycles. The zero-order valence-electron chi connectivity index (χ0n) is 8.17. The molecule has 0 fully saturated rings. The topological polar surface area (TPSA) is 66.5 Å². The Morgan fingerprint density at radius 3 is 1.60 bits per heavy atom. The van der Waals surface area contributed by atoms with Gasteiger partial charge >= 0.3 is 0 Å². The Hall–Kier alpha value is -2.16. The van der Waals surface area contributed by atoms with Crippen LogP contribution in [0, 0.1) is 0 Å². The minimum atomic E-state index is 0.146. The van der Waals surface area contributed by atoms with Crippen LogP contribution in [0.4, 0.5) is 5.69 Å². The molecule has 4 N–H and O–H groups in total. The van der Waals surface area contributed by atoms with Crippen LogP contribution in [-0.4, -0.2) is 10.2 Å². The molecule has 0 amide bonds. The van der Waals surface area contributed by atoms with E-state index in [1.165, 1.54) is 0 Å². The van der Waals surface area contributed by atoms with E-state index >= 15 is 0 Å². The monoisotopic (exact) mass is 203 g/mol. The zero-order chi connectivity index (χ0) is 11.1. The molecule has 0 spiro atoms. The molecular formula is C12H13NO2. The fourth-order valence-electron chi connectivity index (χ4n) is 0.916. The fourth-order valence-corrected chi connectivity index (χ4v) is 0.916. The molecule has 15 heavy (non-hydrogen) atoms. The fraction of sp³-hybridized carbons (Fsp3) is 0. The highest BCUT2D eigenvalue weighted by molar-refractivity contribution is 5.50. The molecule has 0 aliphatic rings. The lowest BCUT2D eigenvalue weighted by atomic mass is 10.3. The number of anilines is 1. The summed E-state index contributed by atoms with van der Waals surface area (Å²) in [6, 6.07) is 15.4. The predicted octanol–water partition coefficient (Wildman–Crippen LogP) is 2.37. The Kier molecular flexibility index (Phi) is 4.04. The maximum Gasteiger partial charge on any atom is 0.138 e. The average Bonchev–Trinajstić information content (AvgIpc) is 2.25. The molecule has 2 rings (SSSR count). The van der Waals surface area contributed by atoms with Crippen LogP contribution in [0.5, 0.6) is 11.5 Å². The van der Waals surface area contributed by atoms with E-state index in [2.05, 4.69) is 0 Å². The van der Waals surface area contributed by atoms with Gasteiger partial charge in [0.15, 0.2) is 0 Å². The van der Waals surface area contributed by atoms with Gasteiger partial charge in [0.2, 0.25) is 0 Å². The quantitative estimate of drug-likeness (QED) is 0.455. The van der Waals surface area contributed by atoms with E-state index in [1.807, 2.05) is 6.07 Å². The number of benzene rings is 2. The summed E-state index contributed by atoms with van der Waals surface area (Å²) in [5.74, 6) is 0.468. The van der Waals surface area contributed by atoms with Crippen LogP contribution >= 0.6 is 0 Å². The lowest BCUT2D eigenvalue weighted by molar-refractivity contribution is 0.475. The van der Waals surface area contributed by atoms with E-state index in [0.29, 0.717) is 11.4 Å². The third kappa shape index (κ3) is 4.04.